The van der Waals surface area contributed by atoms with E-state index in [1.165, 1.54) is 16.8 Å². The zero-order valence-corrected chi connectivity index (χ0v) is 7.74. The molecule has 0 heterocycles. The van der Waals surface area contributed by atoms with Crippen molar-refractivity contribution in [2.45, 2.75) is 19.9 Å². The van der Waals surface area contributed by atoms with Gasteiger partial charge in [0.1, 0.15) is 0 Å². The maximum atomic E-state index is 8.36. The minimum absolute atomic E-state index is 0.250. The number of carbonyl (C=O) groups is 1. The Hall–Kier alpha value is -1.51. The predicted octanol–water partition coefficient (Wildman–Crippen LogP) is 2.19. The molecule has 0 radical (unpaired) electrons. The maximum Gasteiger partial charge on any atom is 0.290 e. The van der Waals surface area contributed by atoms with Gasteiger partial charge < -0.3 is 10.4 Å². The van der Waals surface area contributed by atoms with Gasteiger partial charge in [0.05, 0.1) is 0 Å². The van der Waals surface area contributed by atoms with Gasteiger partial charge in [-0.3, -0.25) is 4.79 Å². The molecule has 0 atom stereocenters. The van der Waals surface area contributed by atoms with Crippen molar-refractivity contribution in [1.29, 1.82) is 0 Å². The van der Waals surface area contributed by atoms with Gasteiger partial charge in [-0.15, -0.1) is 0 Å². The minimum Gasteiger partial charge on any atom is -0.483 e. The van der Waals surface area contributed by atoms with Crippen molar-refractivity contribution in [3.8, 4) is 11.1 Å². The van der Waals surface area contributed by atoms with Gasteiger partial charge in [0, 0.05) is 17.3 Å². The minimum atomic E-state index is -0.250. The van der Waals surface area contributed by atoms with Crippen molar-refractivity contribution in [3.05, 3.63) is 18.2 Å². The van der Waals surface area contributed by atoms with Crippen LogP contribution >= 0.6 is 0 Å². The number of hydrogen-bond donors (Lipinski definition) is 2. The highest BCUT2D eigenvalue weighted by Gasteiger charge is 2.16. The Balaban J connectivity index is 0.000000251. The second kappa shape index (κ2) is 3.94. The summed E-state index contributed by atoms with van der Waals surface area (Å²) in [5.41, 5.74) is 4.11. The summed E-state index contributed by atoms with van der Waals surface area (Å²) in [5.74, 6) is 0. The SMILES string of the molecule is CC(C)Nc1ccc2cc1-2.O=CO. The Labute approximate surface area is 77.4 Å². The first-order valence-electron chi connectivity index (χ1n) is 4.18. The molecular formula is C10H13NO2. The Morgan fingerprint density at radius 1 is 1.46 bits per heavy atom. The molecule has 0 aliphatic heterocycles. The third-order valence-electron chi connectivity index (χ3n) is 1.69. The summed E-state index contributed by atoms with van der Waals surface area (Å²) in [4.78, 5) is 8.36. The number of hydrogen-bond acceptors (Lipinski definition) is 2. The first kappa shape index (κ1) is 9.58. The summed E-state index contributed by atoms with van der Waals surface area (Å²) in [6.07, 6.45) is 0. The predicted molar refractivity (Wildman–Crippen MR) is 52.9 cm³/mol. The lowest BCUT2D eigenvalue weighted by Crippen LogP contribution is -2.08. The van der Waals surface area contributed by atoms with E-state index >= 15 is 0 Å². The molecule has 0 saturated carbocycles. The molecule has 0 aromatic rings. The molecule has 2 aliphatic carbocycles. The molecule has 13 heavy (non-hydrogen) atoms. The zero-order valence-electron chi connectivity index (χ0n) is 7.74. The van der Waals surface area contributed by atoms with Crippen LogP contribution in [-0.2, 0) is 4.79 Å². The van der Waals surface area contributed by atoms with E-state index in [0.29, 0.717) is 6.04 Å². The molecule has 0 amide bonds. The normalized spacial score (nSPS) is 10.1. The molecular weight excluding hydrogens is 166 g/mol. The zero-order chi connectivity index (χ0) is 9.84. The number of benzene rings is 1. The van der Waals surface area contributed by atoms with Crippen molar-refractivity contribution in [2.24, 2.45) is 0 Å². The largest absolute Gasteiger partial charge is 0.483 e. The van der Waals surface area contributed by atoms with E-state index in [2.05, 4.69) is 37.4 Å². The number of carboxylic acid groups (broad SMARTS) is 1. The van der Waals surface area contributed by atoms with Crippen LogP contribution in [0.25, 0.3) is 11.1 Å². The standard InChI is InChI=1S/C9H11N.CH2O2/c1-6(2)10-9-4-3-7-5-8(7)9;2-1-3/h3-6,10H,1-2H3;1H,(H,2,3). The van der Waals surface area contributed by atoms with Crippen LogP contribution < -0.4 is 5.32 Å². The molecule has 0 aromatic heterocycles. The second-order valence-corrected chi connectivity index (χ2v) is 3.16. The fraction of sp³-hybridized carbons (Fsp3) is 0.300. The summed E-state index contributed by atoms with van der Waals surface area (Å²) in [6, 6.07) is 7.04. The van der Waals surface area contributed by atoms with Crippen LogP contribution in [0.2, 0.25) is 0 Å². The first-order valence-corrected chi connectivity index (χ1v) is 4.18. The van der Waals surface area contributed by atoms with Crippen LogP contribution in [0, 0.1) is 0 Å². The molecule has 2 aliphatic rings. The van der Waals surface area contributed by atoms with Crippen LogP contribution in [-0.4, -0.2) is 17.6 Å². The molecule has 0 aromatic carbocycles. The van der Waals surface area contributed by atoms with Crippen LogP contribution in [0.15, 0.2) is 18.2 Å². The van der Waals surface area contributed by atoms with Gasteiger partial charge in [0.15, 0.2) is 0 Å². The van der Waals surface area contributed by atoms with Crippen molar-refractivity contribution in [3.63, 3.8) is 0 Å². The lowest BCUT2D eigenvalue weighted by Gasteiger charge is -2.06. The van der Waals surface area contributed by atoms with E-state index in [0.717, 1.165) is 0 Å². The number of rotatable bonds is 2. The summed E-state index contributed by atoms with van der Waals surface area (Å²) >= 11 is 0. The summed E-state index contributed by atoms with van der Waals surface area (Å²) in [6.45, 7) is 4.06. The van der Waals surface area contributed by atoms with Crippen LogP contribution in [0.3, 0.4) is 0 Å². The van der Waals surface area contributed by atoms with Crippen LogP contribution in [0.5, 0.6) is 0 Å². The Morgan fingerprint density at radius 2 is 2.08 bits per heavy atom. The lowest BCUT2D eigenvalue weighted by molar-refractivity contribution is -0.122. The Bertz CT molecular complexity index is 308. The fourth-order valence-electron chi connectivity index (χ4n) is 1.19. The third-order valence-corrected chi connectivity index (χ3v) is 1.69. The van der Waals surface area contributed by atoms with Crippen molar-refractivity contribution in [2.75, 3.05) is 5.32 Å². The monoisotopic (exact) mass is 179 g/mol. The average Bonchev–Trinajstić information content (AvgIpc) is 2.71. The molecule has 0 fully saturated rings. The number of anilines is 1. The number of fused-ring (bicyclic) bond motifs is 1. The summed E-state index contributed by atoms with van der Waals surface area (Å²) in [5, 5.41) is 10.3. The molecule has 3 heteroatoms. The quantitative estimate of drug-likeness (QED) is 0.695. The van der Waals surface area contributed by atoms with Gasteiger partial charge in [-0.25, -0.2) is 0 Å². The highest BCUT2D eigenvalue weighted by Crippen LogP contribution is 2.41. The van der Waals surface area contributed by atoms with Gasteiger partial charge in [-0.1, -0.05) is 6.07 Å². The van der Waals surface area contributed by atoms with Crippen LogP contribution in [0.4, 0.5) is 5.69 Å². The molecule has 0 spiro atoms. The highest BCUT2D eigenvalue weighted by molar-refractivity contribution is 5.93. The van der Waals surface area contributed by atoms with Gasteiger partial charge in [0.25, 0.3) is 6.47 Å². The smallest absolute Gasteiger partial charge is 0.290 e. The van der Waals surface area contributed by atoms with Gasteiger partial charge in [-0.05, 0) is 31.5 Å². The topological polar surface area (TPSA) is 49.3 Å². The van der Waals surface area contributed by atoms with E-state index in [-0.39, 0.29) is 6.47 Å². The maximum absolute atomic E-state index is 8.36. The van der Waals surface area contributed by atoms with E-state index in [1.54, 1.807) is 0 Å². The lowest BCUT2D eigenvalue weighted by atomic mass is 10.3. The number of nitrogens with one attached hydrogen (secondary N) is 1. The van der Waals surface area contributed by atoms with Crippen molar-refractivity contribution in [1.82, 2.24) is 0 Å². The van der Waals surface area contributed by atoms with Crippen LogP contribution in [0.1, 0.15) is 13.8 Å². The Morgan fingerprint density at radius 3 is 2.38 bits per heavy atom. The van der Waals surface area contributed by atoms with E-state index in [1.807, 2.05) is 0 Å². The summed E-state index contributed by atoms with van der Waals surface area (Å²) in [7, 11) is 0. The molecule has 0 unspecified atom stereocenters. The van der Waals surface area contributed by atoms with E-state index < -0.39 is 0 Å². The van der Waals surface area contributed by atoms with Gasteiger partial charge in [0.2, 0.25) is 0 Å². The van der Waals surface area contributed by atoms with Crippen molar-refractivity contribution >= 4 is 12.2 Å². The molecule has 3 nitrogen and oxygen atoms in total. The van der Waals surface area contributed by atoms with Crippen molar-refractivity contribution < 1.29 is 9.90 Å². The third kappa shape index (κ3) is 2.47. The molecule has 0 saturated heterocycles. The molecule has 2 N–H and O–H groups in total. The summed E-state index contributed by atoms with van der Waals surface area (Å²) < 4.78 is 0. The van der Waals surface area contributed by atoms with Gasteiger partial charge >= 0.3 is 0 Å². The molecule has 2 rings (SSSR count). The van der Waals surface area contributed by atoms with E-state index in [4.69, 9.17) is 9.90 Å². The van der Waals surface area contributed by atoms with E-state index in [9.17, 15) is 0 Å². The molecule has 70 valence electrons. The first-order chi connectivity index (χ1) is 6.19. The second-order valence-electron chi connectivity index (χ2n) is 3.16. The van der Waals surface area contributed by atoms with Gasteiger partial charge in [-0.2, -0.15) is 0 Å². The Kier molecular flexibility index (Phi) is 2.90. The average molecular weight is 179 g/mol. The molecule has 0 bridgehead atoms. The fourth-order valence-corrected chi connectivity index (χ4v) is 1.19. The highest BCUT2D eigenvalue weighted by atomic mass is 16.3.